The zero-order chi connectivity index (χ0) is 7.66. The Morgan fingerprint density at radius 3 is 2.90 bits per heavy atom. The smallest absolute Gasteiger partial charge is 0.0590 e. The van der Waals surface area contributed by atoms with Crippen LogP contribution in [0.5, 0.6) is 0 Å². The average Bonchev–Trinajstić information content (AvgIpc) is 1.97. The second kappa shape index (κ2) is 8.48. The normalized spacial score (nSPS) is 9.20. The second-order valence-electron chi connectivity index (χ2n) is 2.02. The minimum absolute atomic E-state index is 0.779. The first-order valence-corrected chi connectivity index (χ1v) is 3.57. The molecule has 0 bridgehead atoms. The lowest BCUT2D eigenvalue weighted by Gasteiger charge is -2.00. The Hall–Kier alpha value is -0.520. The van der Waals surface area contributed by atoms with Crippen LogP contribution in [0.2, 0.25) is 0 Å². The second-order valence-corrected chi connectivity index (χ2v) is 2.02. The van der Waals surface area contributed by atoms with E-state index in [0.29, 0.717) is 0 Å². The summed E-state index contributed by atoms with van der Waals surface area (Å²) in [6.45, 7) is 2.48. The SMILES string of the molecule is C#CCCCOCCNC. The molecule has 0 aromatic carbocycles. The van der Waals surface area contributed by atoms with Crippen molar-refractivity contribution in [2.75, 3.05) is 26.8 Å². The Kier molecular flexibility index (Phi) is 8.04. The standard InChI is InChI=1S/C8H15NO/c1-3-4-5-7-10-8-6-9-2/h1,9H,4-8H2,2H3. The maximum absolute atomic E-state index is 5.22. The first kappa shape index (κ1) is 9.48. The summed E-state index contributed by atoms with van der Waals surface area (Å²) in [6.07, 6.45) is 6.84. The molecule has 0 heterocycles. The predicted molar refractivity (Wildman–Crippen MR) is 42.8 cm³/mol. The molecule has 0 amide bonds. The Labute approximate surface area is 63.0 Å². The van der Waals surface area contributed by atoms with E-state index in [4.69, 9.17) is 11.2 Å². The molecular weight excluding hydrogens is 126 g/mol. The first-order valence-electron chi connectivity index (χ1n) is 3.57. The molecule has 1 N–H and O–H groups in total. The highest BCUT2D eigenvalue weighted by Gasteiger charge is 1.85. The van der Waals surface area contributed by atoms with Gasteiger partial charge in [-0.05, 0) is 13.5 Å². The van der Waals surface area contributed by atoms with Crippen LogP contribution in [0.3, 0.4) is 0 Å². The Morgan fingerprint density at radius 1 is 1.50 bits per heavy atom. The maximum Gasteiger partial charge on any atom is 0.0590 e. The first-order chi connectivity index (χ1) is 4.91. The van der Waals surface area contributed by atoms with Crippen LogP contribution in [0.25, 0.3) is 0 Å². The molecule has 0 saturated carbocycles. The average molecular weight is 141 g/mol. The van der Waals surface area contributed by atoms with Crippen molar-refractivity contribution in [3.8, 4) is 12.3 Å². The number of rotatable bonds is 6. The number of hydrogen-bond donors (Lipinski definition) is 1. The lowest BCUT2D eigenvalue weighted by molar-refractivity contribution is 0.136. The quantitative estimate of drug-likeness (QED) is 0.433. The van der Waals surface area contributed by atoms with Gasteiger partial charge in [-0.3, -0.25) is 0 Å². The number of ether oxygens (including phenoxy) is 1. The predicted octanol–water partition coefficient (Wildman–Crippen LogP) is 0.636. The fourth-order valence-corrected chi connectivity index (χ4v) is 0.553. The number of terminal acetylenes is 1. The van der Waals surface area contributed by atoms with E-state index < -0.39 is 0 Å². The van der Waals surface area contributed by atoms with Crippen LogP contribution in [-0.2, 0) is 4.74 Å². The van der Waals surface area contributed by atoms with Crippen LogP contribution in [0.4, 0.5) is 0 Å². The van der Waals surface area contributed by atoms with Gasteiger partial charge in [0.1, 0.15) is 0 Å². The molecule has 0 aliphatic heterocycles. The minimum Gasteiger partial charge on any atom is -0.380 e. The van der Waals surface area contributed by atoms with E-state index in [1.54, 1.807) is 0 Å². The summed E-state index contributed by atoms with van der Waals surface area (Å²) in [5.74, 6) is 2.56. The van der Waals surface area contributed by atoms with Gasteiger partial charge in [-0.1, -0.05) is 0 Å². The molecule has 0 aromatic rings. The number of nitrogens with one attached hydrogen (secondary N) is 1. The summed E-state index contributed by atoms with van der Waals surface area (Å²) < 4.78 is 5.22. The van der Waals surface area contributed by atoms with Gasteiger partial charge < -0.3 is 10.1 Å². The molecule has 0 atom stereocenters. The van der Waals surface area contributed by atoms with E-state index in [0.717, 1.165) is 32.6 Å². The van der Waals surface area contributed by atoms with Crippen molar-refractivity contribution in [3.63, 3.8) is 0 Å². The maximum atomic E-state index is 5.22. The number of unbranched alkanes of at least 4 members (excludes halogenated alkanes) is 1. The number of hydrogen-bond acceptors (Lipinski definition) is 2. The highest BCUT2D eigenvalue weighted by Crippen LogP contribution is 1.86. The van der Waals surface area contributed by atoms with Crippen LogP contribution >= 0.6 is 0 Å². The Balaban J connectivity index is 2.72. The van der Waals surface area contributed by atoms with Crippen molar-refractivity contribution in [3.05, 3.63) is 0 Å². The van der Waals surface area contributed by atoms with Crippen LogP contribution in [-0.4, -0.2) is 26.8 Å². The van der Waals surface area contributed by atoms with E-state index >= 15 is 0 Å². The minimum atomic E-state index is 0.779. The summed E-state index contributed by atoms with van der Waals surface area (Å²) in [5, 5.41) is 2.99. The van der Waals surface area contributed by atoms with Crippen molar-refractivity contribution >= 4 is 0 Å². The van der Waals surface area contributed by atoms with Gasteiger partial charge in [-0.25, -0.2) is 0 Å². The molecule has 0 spiro atoms. The van der Waals surface area contributed by atoms with Crippen molar-refractivity contribution < 1.29 is 4.74 Å². The molecular formula is C8H15NO. The molecule has 2 nitrogen and oxygen atoms in total. The summed E-state index contributed by atoms with van der Waals surface area (Å²) in [7, 11) is 1.91. The molecule has 0 aromatic heterocycles. The van der Waals surface area contributed by atoms with Gasteiger partial charge in [0.15, 0.2) is 0 Å². The summed E-state index contributed by atoms with van der Waals surface area (Å²) in [4.78, 5) is 0. The zero-order valence-corrected chi connectivity index (χ0v) is 6.52. The summed E-state index contributed by atoms with van der Waals surface area (Å²) >= 11 is 0. The molecule has 0 aliphatic carbocycles. The van der Waals surface area contributed by atoms with E-state index in [9.17, 15) is 0 Å². The van der Waals surface area contributed by atoms with Gasteiger partial charge in [0.05, 0.1) is 6.61 Å². The summed E-state index contributed by atoms with van der Waals surface area (Å²) in [6, 6.07) is 0. The zero-order valence-electron chi connectivity index (χ0n) is 6.52. The topological polar surface area (TPSA) is 21.3 Å². The molecule has 0 unspecified atom stereocenters. The van der Waals surface area contributed by atoms with Crippen molar-refractivity contribution in [2.24, 2.45) is 0 Å². The highest BCUT2D eigenvalue weighted by atomic mass is 16.5. The number of likely N-dealkylation sites (N-methyl/N-ethyl adjacent to an activating group) is 1. The van der Waals surface area contributed by atoms with Crippen molar-refractivity contribution in [2.45, 2.75) is 12.8 Å². The molecule has 0 saturated heterocycles. The Morgan fingerprint density at radius 2 is 2.30 bits per heavy atom. The van der Waals surface area contributed by atoms with E-state index in [-0.39, 0.29) is 0 Å². The fraction of sp³-hybridized carbons (Fsp3) is 0.750. The van der Waals surface area contributed by atoms with Gasteiger partial charge in [0.25, 0.3) is 0 Å². The van der Waals surface area contributed by atoms with Crippen molar-refractivity contribution in [1.29, 1.82) is 0 Å². The molecule has 0 aliphatic rings. The van der Waals surface area contributed by atoms with E-state index in [1.165, 1.54) is 0 Å². The molecule has 0 rings (SSSR count). The third kappa shape index (κ3) is 7.48. The van der Waals surface area contributed by atoms with Crippen LogP contribution in [0.1, 0.15) is 12.8 Å². The van der Waals surface area contributed by atoms with Crippen LogP contribution in [0.15, 0.2) is 0 Å². The largest absolute Gasteiger partial charge is 0.380 e. The lowest BCUT2D eigenvalue weighted by atomic mass is 10.3. The van der Waals surface area contributed by atoms with Gasteiger partial charge in [0.2, 0.25) is 0 Å². The molecule has 58 valence electrons. The van der Waals surface area contributed by atoms with Gasteiger partial charge in [0, 0.05) is 19.6 Å². The van der Waals surface area contributed by atoms with Crippen molar-refractivity contribution in [1.82, 2.24) is 5.32 Å². The summed E-state index contributed by atoms with van der Waals surface area (Å²) in [5.41, 5.74) is 0. The van der Waals surface area contributed by atoms with Crippen LogP contribution in [0, 0.1) is 12.3 Å². The molecule has 0 radical (unpaired) electrons. The highest BCUT2D eigenvalue weighted by molar-refractivity contribution is 4.82. The van der Waals surface area contributed by atoms with E-state index in [2.05, 4.69) is 11.2 Å². The van der Waals surface area contributed by atoms with Crippen LogP contribution < -0.4 is 5.32 Å². The van der Waals surface area contributed by atoms with Gasteiger partial charge >= 0.3 is 0 Å². The van der Waals surface area contributed by atoms with Gasteiger partial charge in [-0.15, -0.1) is 12.3 Å². The van der Waals surface area contributed by atoms with Gasteiger partial charge in [-0.2, -0.15) is 0 Å². The third-order valence-electron chi connectivity index (χ3n) is 1.11. The molecule has 2 heteroatoms. The fourth-order valence-electron chi connectivity index (χ4n) is 0.553. The lowest BCUT2D eigenvalue weighted by Crippen LogP contribution is -2.14. The van der Waals surface area contributed by atoms with E-state index in [1.807, 2.05) is 7.05 Å². The Bertz CT molecular complexity index is 95.9. The third-order valence-corrected chi connectivity index (χ3v) is 1.11. The molecule has 0 fully saturated rings. The molecule has 10 heavy (non-hydrogen) atoms. The monoisotopic (exact) mass is 141 g/mol.